The van der Waals surface area contributed by atoms with Gasteiger partial charge in [0.25, 0.3) is 5.91 Å². The van der Waals surface area contributed by atoms with Crippen LogP contribution in [0.25, 0.3) is 5.69 Å². The van der Waals surface area contributed by atoms with Crippen molar-refractivity contribution in [1.82, 2.24) is 20.1 Å². The van der Waals surface area contributed by atoms with Crippen molar-refractivity contribution in [3.05, 3.63) is 99.8 Å². The van der Waals surface area contributed by atoms with Crippen LogP contribution in [0.5, 0.6) is 0 Å². The molecule has 0 aliphatic rings. The van der Waals surface area contributed by atoms with Crippen LogP contribution in [0.2, 0.25) is 0 Å². The third-order valence-electron chi connectivity index (χ3n) is 5.23. The number of halogens is 1. The van der Waals surface area contributed by atoms with Gasteiger partial charge in [0, 0.05) is 21.4 Å². The first kappa shape index (κ1) is 24.7. The first-order chi connectivity index (χ1) is 16.9. The van der Waals surface area contributed by atoms with Crippen molar-refractivity contribution < 1.29 is 9.59 Å². The van der Waals surface area contributed by atoms with Gasteiger partial charge in [-0.1, -0.05) is 58.0 Å². The molecule has 9 heteroatoms. The summed E-state index contributed by atoms with van der Waals surface area (Å²) >= 11 is 4.75. The molecule has 7 nitrogen and oxygen atoms in total. The molecule has 1 aromatic heterocycles. The Morgan fingerprint density at radius 1 is 0.971 bits per heavy atom. The van der Waals surface area contributed by atoms with Crippen molar-refractivity contribution in [2.75, 3.05) is 11.1 Å². The molecule has 0 bridgehead atoms. The summed E-state index contributed by atoms with van der Waals surface area (Å²) < 4.78 is 2.79. The maximum Gasteiger partial charge on any atom is 0.251 e. The largest absolute Gasteiger partial charge is 0.345 e. The zero-order valence-corrected chi connectivity index (χ0v) is 21.7. The number of carbonyl (C=O) groups excluding carboxylic acids is 2. The second-order valence-corrected chi connectivity index (χ2v) is 9.77. The highest BCUT2D eigenvalue weighted by molar-refractivity contribution is 9.10. The lowest BCUT2D eigenvalue weighted by molar-refractivity contribution is -0.113. The van der Waals surface area contributed by atoms with Gasteiger partial charge in [-0.3, -0.25) is 14.2 Å². The summed E-state index contributed by atoms with van der Waals surface area (Å²) in [4.78, 5) is 25.2. The zero-order valence-electron chi connectivity index (χ0n) is 19.3. The van der Waals surface area contributed by atoms with Crippen molar-refractivity contribution in [3.63, 3.8) is 0 Å². The summed E-state index contributed by atoms with van der Waals surface area (Å²) in [6, 6.07) is 22.6. The minimum Gasteiger partial charge on any atom is -0.345 e. The number of aromatic nitrogens is 3. The SMILES string of the molecule is Cc1ccc(C)c(NC(=O)CSc2nnc(CNC(=O)c3ccccc3)n2-c2ccc(Br)cc2)c1. The van der Waals surface area contributed by atoms with Crippen molar-refractivity contribution in [2.45, 2.75) is 25.5 Å². The molecule has 0 aliphatic heterocycles. The van der Waals surface area contributed by atoms with Crippen molar-refractivity contribution in [2.24, 2.45) is 0 Å². The normalized spacial score (nSPS) is 10.7. The van der Waals surface area contributed by atoms with Crippen LogP contribution in [-0.2, 0) is 11.3 Å². The first-order valence-electron chi connectivity index (χ1n) is 10.9. The number of anilines is 1. The van der Waals surface area contributed by atoms with Gasteiger partial charge in [0.15, 0.2) is 11.0 Å². The summed E-state index contributed by atoms with van der Waals surface area (Å²) in [6.07, 6.45) is 0. The molecule has 178 valence electrons. The van der Waals surface area contributed by atoms with E-state index < -0.39 is 0 Å². The van der Waals surface area contributed by atoms with Gasteiger partial charge in [-0.25, -0.2) is 0 Å². The molecular weight excluding hydrogens is 526 g/mol. The maximum atomic E-state index is 12.7. The number of amides is 2. The average Bonchev–Trinajstić information content (AvgIpc) is 3.27. The predicted octanol–water partition coefficient (Wildman–Crippen LogP) is 5.31. The van der Waals surface area contributed by atoms with Crippen LogP contribution in [0.4, 0.5) is 5.69 Å². The highest BCUT2D eigenvalue weighted by Gasteiger charge is 2.17. The van der Waals surface area contributed by atoms with Crippen LogP contribution in [0.3, 0.4) is 0 Å². The average molecular weight is 550 g/mol. The second-order valence-electron chi connectivity index (χ2n) is 7.91. The van der Waals surface area contributed by atoms with Gasteiger partial charge in [0.2, 0.25) is 5.91 Å². The minimum atomic E-state index is -0.196. The quantitative estimate of drug-likeness (QED) is 0.291. The van der Waals surface area contributed by atoms with Gasteiger partial charge in [-0.2, -0.15) is 0 Å². The molecule has 0 saturated heterocycles. The molecule has 0 spiro atoms. The zero-order chi connectivity index (χ0) is 24.8. The number of nitrogens with zero attached hydrogens (tertiary/aromatic N) is 3. The fourth-order valence-electron chi connectivity index (χ4n) is 3.40. The van der Waals surface area contributed by atoms with Gasteiger partial charge in [-0.05, 0) is 67.4 Å². The summed E-state index contributed by atoms with van der Waals surface area (Å²) in [5, 5.41) is 15.0. The molecule has 2 amide bonds. The molecule has 2 N–H and O–H groups in total. The number of aryl methyl sites for hydroxylation is 2. The molecule has 0 atom stereocenters. The smallest absolute Gasteiger partial charge is 0.251 e. The molecule has 0 unspecified atom stereocenters. The lowest BCUT2D eigenvalue weighted by Gasteiger charge is -2.12. The third kappa shape index (κ3) is 6.37. The van der Waals surface area contributed by atoms with Crippen molar-refractivity contribution >= 4 is 45.2 Å². The monoisotopic (exact) mass is 549 g/mol. The molecular formula is C26H24BrN5O2S. The molecule has 0 fully saturated rings. The van der Waals surface area contributed by atoms with E-state index in [0.717, 1.165) is 27.0 Å². The van der Waals surface area contributed by atoms with Crippen LogP contribution in [0, 0.1) is 13.8 Å². The Labute approximate surface area is 216 Å². The fraction of sp³-hybridized carbons (Fsp3) is 0.154. The second kappa shape index (κ2) is 11.3. The number of hydrogen-bond acceptors (Lipinski definition) is 5. The summed E-state index contributed by atoms with van der Waals surface area (Å²) in [5.41, 5.74) is 4.29. The van der Waals surface area contributed by atoms with E-state index in [0.29, 0.717) is 16.5 Å². The maximum absolute atomic E-state index is 12.7. The topological polar surface area (TPSA) is 88.9 Å². The Morgan fingerprint density at radius 3 is 2.46 bits per heavy atom. The Kier molecular flexibility index (Phi) is 7.99. The molecule has 35 heavy (non-hydrogen) atoms. The van der Waals surface area contributed by atoms with Crippen LogP contribution < -0.4 is 10.6 Å². The van der Waals surface area contributed by atoms with Gasteiger partial charge in [0.1, 0.15) is 0 Å². The number of nitrogens with one attached hydrogen (secondary N) is 2. The van der Waals surface area contributed by atoms with E-state index in [1.165, 1.54) is 11.8 Å². The molecule has 0 aliphatic carbocycles. The van der Waals surface area contributed by atoms with E-state index >= 15 is 0 Å². The van der Waals surface area contributed by atoms with E-state index in [1.54, 1.807) is 12.1 Å². The highest BCUT2D eigenvalue weighted by Crippen LogP contribution is 2.24. The molecule has 3 aromatic carbocycles. The Hall–Kier alpha value is -3.43. The highest BCUT2D eigenvalue weighted by atomic mass is 79.9. The van der Waals surface area contributed by atoms with Gasteiger partial charge >= 0.3 is 0 Å². The van der Waals surface area contributed by atoms with E-state index in [2.05, 4.69) is 36.8 Å². The van der Waals surface area contributed by atoms with E-state index in [4.69, 9.17) is 0 Å². The Bertz CT molecular complexity index is 1340. The minimum absolute atomic E-state index is 0.131. The fourth-order valence-corrected chi connectivity index (χ4v) is 4.43. The summed E-state index contributed by atoms with van der Waals surface area (Å²) in [5.74, 6) is 0.401. The summed E-state index contributed by atoms with van der Waals surface area (Å²) in [7, 11) is 0. The van der Waals surface area contributed by atoms with E-state index in [1.807, 2.05) is 79.1 Å². The van der Waals surface area contributed by atoms with Crippen molar-refractivity contribution in [1.29, 1.82) is 0 Å². The number of benzene rings is 3. The van der Waals surface area contributed by atoms with E-state index in [-0.39, 0.29) is 24.1 Å². The third-order valence-corrected chi connectivity index (χ3v) is 6.69. The molecule has 0 radical (unpaired) electrons. The van der Waals surface area contributed by atoms with E-state index in [9.17, 15) is 9.59 Å². The van der Waals surface area contributed by atoms with Gasteiger partial charge < -0.3 is 10.6 Å². The molecule has 4 rings (SSSR count). The van der Waals surface area contributed by atoms with Gasteiger partial charge in [0.05, 0.1) is 12.3 Å². The standard InChI is InChI=1S/C26H24BrN5O2S/c1-17-8-9-18(2)22(14-17)29-24(33)16-35-26-31-30-23(32(26)21-12-10-20(27)11-13-21)15-28-25(34)19-6-4-3-5-7-19/h3-14H,15-16H2,1-2H3,(H,28,34)(H,29,33). The molecule has 4 aromatic rings. The first-order valence-corrected chi connectivity index (χ1v) is 12.7. The van der Waals surface area contributed by atoms with Crippen LogP contribution in [-0.4, -0.2) is 32.3 Å². The summed E-state index contributed by atoms with van der Waals surface area (Å²) in [6.45, 7) is 4.14. The predicted molar refractivity (Wildman–Crippen MR) is 142 cm³/mol. The lowest BCUT2D eigenvalue weighted by atomic mass is 10.1. The number of rotatable bonds is 8. The lowest BCUT2D eigenvalue weighted by Crippen LogP contribution is -2.24. The molecule has 0 saturated carbocycles. The van der Waals surface area contributed by atoms with Crippen LogP contribution in [0.15, 0.2) is 82.4 Å². The Balaban J connectivity index is 1.51. The number of hydrogen-bond donors (Lipinski definition) is 2. The van der Waals surface area contributed by atoms with Crippen LogP contribution >= 0.6 is 27.7 Å². The van der Waals surface area contributed by atoms with Crippen molar-refractivity contribution in [3.8, 4) is 5.69 Å². The Morgan fingerprint density at radius 2 is 1.71 bits per heavy atom. The van der Waals surface area contributed by atoms with Crippen LogP contribution in [0.1, 0.15) is 27.3 Å². The number of carbonyl (C=O) groups is 2. The van der Waals surface area contributed by atoms with Gasteiger partial charge in [-0.15, -0.1) is 10.2 Å². The number of thioether (sulfide) groups is 1. The molecule has 1 heterocycles.